The van der Waals surface area contributed by atoms with Gasteiger partial charge in [0.15, 0.2) is 5.96 Å². The Morgan fingerprint density at radius 2 is 1.79 bits per heavy atom. The van der Waals surface area contributed by atoms with Gasteiger partial charge in [0.1, 0.15) is 11.6 Å². The fourth-order valence-electron chi connectivity index (χ4n) is 3.11. The van der Waals surface area contributed by atoms with Crippen molar-refractivity contribution in [3.63, 3.8) is 0 Å². The van der Waals surface area contributed by atoms with E-state index in [2.05, 4.69) is 20.1 Å². The van der Waals surface area contributed by atoms with E-state index in [0.29, 0.717) is 17.1 Å². The van der Waals surface area contributed by atoms with Gasteiger partial charge in [0.05, 0.1) is 11.6 Å². The van der Waals surface area contributed by atoms with E-state index in [9.17, 15) is 8.78 Å². The second-order valence-corrected chi connectivity index (χ2v) is 6.27. The summed E-state index contributed by atoms with van der Waals surface area (Å²) in [6.07, 6.45) is 0. The standard InChI is InChI=1S/C20H21F2N5.HI/c1-24-20(25-14-16-12-15(13-23)2-7-19(16)22)27-10-8-26(9-11-27)18-5-3-17(21)4-6-18;/h2-7,12H,8-11,14H2,1H3,(H,24,25);1H. The number of nitriles is 1. The highest BCUT2D eigenvalue weighted by atomic mass is 127. The van der Waals surface area contributed by atoms with Gasteiger partial charge in [-0.1, -0.05) is 0 Å². The second kappa shape index (κ2) is 10.2. The van der Waals surface area contributed by atoms with E-state index >= 15 is 0 Å². The first kappa shape index (κ1) is 21.9. The highest BCUT2D eigenvalue weighted by Gasteiger charge is 2.20. The van der Waals surface area contributed by atoms with Crippen molar-refractivity contribution in [3.8, 4) is 6.07 Å². The largest absolute Gasteiger partial charge is 0.368 e. The van der Waals surface area contributed by atoms with Crippen LogP contribution in [0.2, 0.25) is 0 Å². The first-order valence-electron chi connectivity index (χ1n) is 8.75. The van der Waals surface area contributed by atoms with Gasteiger partial charge in [-0.2, -0.15) is 5.26 Å². The predicted octanol–water partition coefficient (Wildman–Crippen LogP) is 3.35. The van der Waals surface area contributed by atoms with Gasteiger partial charge in [-0.25, -0.2) is 8.78 Å². The Kier molecular flexibility index (Phi) is 7.99. The minimum absolute atomic E-state index is 0. The van der Waals surface area contributed by atoms with Crippen molar-refractivity contribution in [1.29, 1.82) is 5.26 Å². The maximum absolute atomic E-state index is 13.9. The lowest BCUT2D eigenvalue weighted by Crippen LogP contribution is -2.52. The molecule has 28 heavy (non-hydrogen) atoms. The number of guanidine groups is 1. The molecule has 3 rings (SSSR count). The van der Waals surface area contributed by atoms with E-state index in [1.54, 1.807) is 25.2 Å². The zero-order valence-corrected chi connectivity index (χ0v) is 17.9. The van der Waals surface area contributed by atoms with Gasteiger partial charge in [-0.3, -0.25) is 4.99 Å². The van der Waals surface area contributed by atoms with Crippen LogP contribution in [0.3, 0.4) is 0 Å². The molecule has 8 heteroatoms. The molecule has 0 radical (unpaired) electrons. The summed E-state index contributed by atoms with van der Waals surface area (Å²) in [6.45, 7) is 3.32. The predicted molar refractivity (Wildman–Crippen MR) is 117 cm³/mol. The fraction of sp³-hybridized carbons (Fsp3) is 0.300. The number of anilines is 1. The van der Waals surface area contributed by atoms with Crippen LogP contribution in [-0.2, 0) is 6.54 Å². The van der Waals surface area contributed by atoms with Gasteiger partial charge in [0.2, 0.25) is 0 Å². The number of piperazine rings is 1. The van der Waals surface area contributed by atoms with Crippen LogP contribution in [0.1, 0.15) is 11.1 Å². The zero-order chi connectivity index (χ0) is 19.2. The monoisotopic (exact) mass is 497 g/mol. The van der Waals surface area contributed by atoms with Gasteiger partial charge in [0, 0.05) is 51.0 Å². The second-order valence-electron chi connectivity index (χ2n) is 6.27. The van der Waals surface area contributed by atoms with Crippen molar-refractivity contribution in [2.45, 2.75) is 6.54 Å². The van der Waals surface area contributed by atoms with Crippen LogP contribution in [-0.4, -0.2) is 44.1 Å². The van der Waals surface area contributed by atoms with Crippen LogP contribution in [0, 0.1) is 23.0 Å². The normalized spacial score (nSPS) is 14.3. The molecule has 2 aromatic rings. The van der Waals surface area contributed by atoms with Crippen molar-refractivity contribution >= 4 is 35.6 Å². The molecular weight excluding hydrogens is 475 g/mol. The number of nitrogens with one attached hydrogen (secondary N) is 1. The van der Waals surface area contributed by atoms with Crippen LogP contribution >= 0.6 is 24.0 Å². The summed E-state index contributed by atoms with van der Waals surface area (Å²) in [5.41, 5.74) is 1.85. The molecule has 0 unspecified atom stereocenters. The summed E-state index contributed by atoms with van der Waals surface area (Å²) in [5, 5.41) is 12.1. The molecule has 1 aliphatic rings. The third-order valence-electron chi connectivity index (χ3n) is 4.59. The molecule has 0 aliphatic carbocycles. The lowest BCUT2D eigenvalue weighted by atomic mass is 10.1. The molecule has 1 fully saturated rings. The van der Waals surface area contributed by atoms with E-state index in [-0.39, 0.29) is 42.2 Å². The Balaban J connectivity index is 0.00000280. The van der Waals surface area contributed by atoms with Crippen molar-refractivity contribution in [1.82, 2.24) is 10.2 Å². The fourth-order valence-corrected chi connectivity index (χ4v) is 3.11. The van der Waals surface area contributed by atoms with Crippen LogP contribution < -0.4 is 10.2 Å². The summed E-state index contributed by atoms with van der Waals surface area (Å²) in [7, 11) is 1.69. The SMILES string of the molecule is CN=C(NCc1cc(C#N)ccc1F)N1CCN(c2ccc(F)cc2)CC1.I. The Hall–Kier alpha value is -2.41. The number of hydrogen-bond acceptors (Lipinski definition) is 3. The molecule has 1 aliphatic heterocycles. The molecule has 5 nitrogen and oxygen atoms in total. The zero-order valence-electron chi connectivity index (χ0n) is 15.5. The Bertz CT molecular complexity index is 856. The maximum Gasteiger partial charge on any atom is 0.194 e. The van der Waals surface area contributed by atoms with E-state index < -0.39 is 0 Å². The number of halogens is 3. The van der Waals surface area contributed by atoms with Gasteiger partial charge >= 0.3 is 0 Å². The Labute approximate surface area is 180 Å². The minimum Gasteiger partial charge on any atom is -0.368 e. The third-order valence-corrected chi connectivity index (χ3v) is 4.59. The average molecular weight is 497 g/mol. The summed E-state index contributed by atoms with van der Waals surface area (Å²) in [6, 6.07) is 12.8. The first-order chi connectivity index (χ1) is 13.1. The lowest BCUT2D eigenvalue weighted by molar-refractivity contribution is 0.372. The molecule has 1 heterocycles. The molecular formula is C20H22F2IN5. The van der Waals surface area contributed by atoms with Gasteiger partial charge in [0.25, 0.3) is 0 Å². The Morgan fingerprint density at radius 1 is 1.11 bits per heavy atom. The minimum atomic E-state index is -0.349. The molecule has 0 aromatic heterocycles. The van der Waals surface area contributed by atoms with Crippen molar-refractivity contribution in [3.05, 3.63) is 65.2 Å². The number of aliphatic imine (C=N–C) groups is 1. The maximum atomic E-state index is 13.9. The van der Waals surface area contributed by atoms with E-state index in [1.807, 2.05) is 6.07 Å². The summed E-state index contributed by atoms with van der Waals surface area (Å²) in [5.74, 6) is 0.100. The molecule has 0 spiro atoms. The van der Waals surface area contributed by atoms with Crippen LogP contribution in [0.25, 0.3) is 0 Å². The summed E-state index contributed by atoms with van der Waals surface area (Å²) in [4.78, 5) is 8.58. The molecule has 0 saturated carbocycles. The number of rotatable bonds is 3. The van der Waals surface area contributed by atoms with E-state index in [0.717, 1.165) is 31.9 Å². The van der Waals surface area contributed by atoms with Crippen molar-refractivity contribution in [2.24, 2.45) is 4.99 Å². The first-order valence-corrected chi connectivity index (χ1v) is 8.75. The molecule has 0 bridgehead atoms. The highest BCUT2D eigenvalue weighted by molar-refractivity contribution is 14.0. The number of nitrogens with zero attached hydrogens (tertiary/aromatic N) is 4. The van der Waals surface area contributed by atoms with Crippen molar-refractivity contribution in [2.75, 3.05) is 38.1 Å². The van der Waals surface area contributed by atoms with E-state index in [1.165, 1.54) is 24.3 Å². The molecule has 0 atom stereocenters. The average Bonchev–Trinajstić information content (AvgIpc) is 2.71. The number of benzene rings is 2. The van der Waals surface area contributed by atoms with E-state index in [4.69, 9.17) is 5.26 Å². The van der Waals surface area contributed by atoms with Gasteiger partial charge in [-0.05, 0) is 42.5 Å². The number of hydrogen-bond donors (Lipinski definition) is 1. The molecule has 1 saturated heterocycles. The molecule has 148 valence electrons. The highest BCUT2D eigenvalue weighted by Crippen LogP contribution is 2.17. The van der Waals surface area contributed by atoms with Gasteiger partial charge < -0.3 is 15.1 Å². The Morgan fingerprint density at radius 3 is 2.39 bits per heavy atom. The summed E-state index contributed by atoms with van der Waals surface area (Å²) >= 11 is 0. The molecule has 0 amide bonds. The topological polar surface area (TPSA) is 54.7 Å². The summed E-state index contributed by atoms with van der Waals surface area (Å²) < 4.78 is 27.0. The third kappa shape index (κ3) is 5.32. The quantitative estimate of drug-likeness (QED) is 0.402. The van der Waals surface area contributed by atoms with Crippen LogP contribution in [0.5, 0.6) is 0 Å². The van der Waals surface area contributed by atoms with Crippen LogP contribution in [0.15, 0.2) is 47.5 Å². The van der Waals surface area contributed by atoms with Crippen LogP contribution in [0.4, 0.5) is 14.5 Å². The van der Waals surface area contributed by atoms with Crippen molar-refractivity contribution < 1.29 is 8.78 Å². The lowest BCUT2D eigenvalue weighted by Gasteiger charge is -2.37. The molecule has 2 aromatic carbocycles. The molecule has 1 N–H and O–H groups in total. The van der Waals surface area contributed by atoms with Gasteiger partial charge in [-0.15, -0.1) is 24.0 Å². The smallest absolute Gasteiger partial charge is 0.194 e.